The summed E-state index contributed by atoms with van der Waals surface area (Å²) in [6.07, 6.45) is 0.309. The van der Waals surface area contributed by atoms with Crippen molar-refractivity contribution in [1.29, 1.82) is 0 Å². The maximum absolute atomic E-state index is 14.1. The van der Waals surface area contributed by atoms with Crippen LogP contribution in [-0.4, -0.2) is 58.5 Å². The number of carbonyl (C=O) groups is 2. The second-order valence-electron chi connectivity index (χ2n) is 9.30. The van der Waals surface area contributed by atoms with Crippen molar-refractivity contribution in [3.63, 3.8) is 0 Å². The van der Waals surface area contributed by atoms with Gasteiger partial charge in [0.25, 0.3) is 10.0 Å². The summed E-state index contributed by atoms with van der Waals surface area (Å²) in [5.41, 5.74) is 1.71. The van der Waals surface area contributed by atoms with Gasteiger partial charge in [-0.1, -0.05) is 54.4 Å². The summed E-state index contributed by atoms with van der Waals surface area (Å²) in [4.78, 5) is 28.5. The number of methoxy groups -OCH3 is 2. The molecule has 41 heavy (non-hydrogen) atoms. The van der Waals surface area contributed by atoms with Crippen LogP contribution in [0, 0.1) is 6.92 Å². The predicted octanol–water partition coefficient (Wildman–Crippen LogP) is 4.80. The minimum atomic E-state index is -4.23. The van der Waals surface area contributed by atoms with Crippen LogP contribution in [0.15, 0.2) is 71.6 Å². The molecule has 3 rings (SSSR count). The van der Waals surface area contributed by atoms with Crippen molar-refractivity contribution in [3.05, 3.63) is 82.9 Å². The van der Waals surface area contributed by atoms with Crippen molar-refractivity contribution in [2.45, 2.75) is 44.7 Å². The largest absolute Gasteiger partial charge is 0.493 e. The summed E-state index contributed by atoms with van der Waals surface area (Å²) in [5, 5.41) is 3.21. The molecule has 0 aliphatic heterocycles. The standard InChI is InChI=1S/C30H36ClN3O6S/c1-6-26(30(36)32-7-2)33(19-22-10-8-9-11-25(22)31)29(35)20-34(23-14-17-27(39-4)28(18-23)40-5)41(37,38)24-15-12-21(3)13-16-24/h8-18,26H,6-7,19-20H2,1-5H3,(H,32,36)/t26-/m1/s1. The lowest BCUT2D eigenvalue weighted by molar-refractivity contribution is -0.140. The Bertz CT molecular complexity index is 1460. The topological polar surface area (TPSA) is 105 Å². The van der Waals surface area contributed by atoms with Crippen LogP contribution in [0.3, 0.4) is 0 Å². The number of rotatable bonds is 13. The first-order valence-corrected chi connectivity index (χ1v) is 15.0. The Morgan fingerprint density at radius 3 is 2.20 bits per heavy atom. The Hall–Kier alpha value is -3.76. The molecule has 11 heteroatoms. The lowest BCUT2D eigenvalue weighted by Gasteiger charge is -2.33. The molecule has 0 aromatic heterocycles. The molecule has 220 valence electrons. The Morgan fingerprint density at radius 1 is 0.951 bits per heavy atom. The molecule has 0 saturated carbocycles. The van der Waals surface area contributed by atoms with Crippen LogP contribution in [0.25, 0.3) is 0 Å². The van der Waals surface area contributed by atoms with Crippen molar-refractivity contribution in [2.75, 3.05) is 31.6 Å². The fourth-order valence-electron chi connectivity index (χ4n) is 4.37. The molecule has 0 aliphatic rings. The van der Waals surface area contributed by atoms with E-state index in [4.69, 9.17) is 21.1 Å². The first-order valence-electron chi connectivity index (χ1n) is 13.2. The van der Waals surface area contributed by atoms with Crippen LogP contribution in [-0.2, 0) is 26.2 Å². The third-order valence-corrected chi connectivity index (χ3v) is 8.74. The third kappa shape index (κ3) is 7.51. The van der Waals surface area contributed by atoms with Crippen molar-refractivity contribution in [1.82, 2.24) is 10.2 Å². The highest BCUT2D eigenvalue weighted by molar-refractivity contribution is 7.92. The molecule has 0 radical (unpaired) electrons. The van der Waals surface area contributed by atoms with Crippen LogP contribution in [0.1, 0.15) is 31.4 Å². The van der Waals surface area contributed by atoms with Gasteiger partial charge in [0.05, 0.1) is 24.8 Å². The third-order valence-electron chi connectivity index (χ3n) is 6.58. The van der Waals surface area contributed by atoms with Gasteiger partial charge in [-0.25, -0.2) is 8.42 Å². The van der Waals surface area contributed by atoms with E-state index in [0.717, 1.165) is 9.87 Å². The number of anilines is 1. The van der Waals surface area contributed by atoms with Crippen LogP contribution in [0.5, 0.6) is 11.5 Å². The number of halogens is 1. The quantitative estimate of drug-likeness (QED) is 0.302. The molecule has 3 aromatic carbocycles. The van der Waals surface area contributed by atoms with Gasteiger partial charge in [-0.15, -0.1) is 0 Å². The zero-order valence-electron chi connectivity index (χ0n) is 23.9. The molecule has 3 aromatic rings. The number of hydrogen-bond acceptors (Lipinski definition) is 6. The molecule has 2 amide bonds. The van der Waals surface area contributed by atoms with Gasteiger partial charge in [-0.05, 0) is 56.2 Å². The van der Waals surface area contributed by atoms with Crippen molar-refractivity contribution in [2.24, 2.45) is 0 Å². The van der Waals surface area contributed by atoms with Gasteiger partial charge in [-0.3, -0.25) is 13.9 Å². The second kappa shape index (κ2) is 14.2. The highest BCUT2D eigenvalue weighted by Crippen LogP contribution is 2.34. The summed E-state index contributed by atoms with van der Waals surface area (Å²) >= 11 is 6.42. The van der Waals surface area contributed by atoms with E-state index >= 15 is 0 Å². The van der Waals surface area contributed by atoms with Gasteiger partial charge in [0.2, 0.25) is 11.8 Å². The van der Waals surface area contributed by atoms with E-state index in [1.807, 2.05) is 6.92 Å². The maximum atomic E-state index is 14.1. The van der Waals surface area contributed by atoms with E-state index < -0.39 is 28.5 Å². The Morgan fingerprint density at radius 2 is 1.61 bits per heavy atom. The molecule has 9 nitrogen and oxygen atoms in total. The fourth-order valence-corrected chi connectivity index (χ4v) is 5.97. The number of nitrogens with zero attached hydrogens (tertiary/aromatic N) is 2. The predicted molar refractivity (Wildman–Crippen MR) is 160 cm³/mol. The Kier molecular flexibility index (Phi) is 11.0. The average Bonchev–Trinajstić information content (AvgIpc) is 2.96. The molecule has 0 unspecified atom stereocenters. The number of aryl methyl sites for hydroxylation is 1. The first kappa shape index (κ1) is 31.8. The fraction of sp³-hybridized carbons (Fsp3) is 0.333. The summed E-state index contributed by atoms with van der Waals surface area (Å²) in [6.45, 7) is 5.25. The number of sulfonamides is 1. The Labute approximate surface area is 247 Å². The van der Waals surface area contributed by atoms with E-state index in [9.17, 15) is 18.0 Å². The van der Waals surface area contributed by atoms with Crippen molar-refractivity contribution in [3.8, 4) is 11.5 Å². The van der Waals surface area contributed by atoms with Crippen LogP contribution < -0.4 is 19.1 Å². The zero-order valence-corrected chi connectivity index (χ0v) is 25.5. The highest BCUT2D eigenvalue weighted by Gasteiger charge is 2.34. The molecule has 0 saturated heterocycles. The SMILES string of the molecule is CCNC(=O)[C@@H](CC)N(Cc1ccccc1Cl)C(=O)CN(c1ccc(OC)c(OC)c1)S(=O)(=O)c1ccc(C)cc1. The monoisotopic (exact) mass is 601 g/mol. The molecule has 0 spiro atoms. The van der Waals surface area contributed by atoms with E-state index in [1.54, 1.807) is 62.4 Å². The van der Waals surface area contributed by atoms with Gasteiger partial charge in [0.1, 0.15) is 12.6 Å². The molecule has 0 bridgehead atoms. The van der Waals surface area contributed by atoms with Crippen molar-refractivity contribution >= 4 is 39.1 Å². The second-order valence-corrected chi connectivity index (χ2v) is 11.6. The number of likely N-dealkylation sites (N-methyl/N-ethyl adjacent to an activating group) is 1. The van der Waals surface area contributed by atoms with Crippen LogP contribution in [0.2, 0.25) is 5.02 Å². The number of nitrogens with one attached hydrogen (secondary N) is 1. The lowest BCUT2D eigenvalue weighted by atomic mass is 10.1. The van der Waals surface area contributed by atoms with Crippen LogP contribution in [0.4, 0.5) is 5.69 Å². The van der Waals surface area contributed by atoms with E-state index in [1.165, 1.54) is 37.3 Å². The van der Waals surface area contributed by atoms with Gasteiger partial charge >= 0.3 is 0 Å². The molecular weight excluding hydrogens is 566 g/mol. The summed E-state index contributed by atoms with van der Waals surface area (Å²) in [7, 11) is -1.31. The number of hydrogen-bond donors (Lipinski definition) is 1. The molecule has 0 fully saturated rings. The Balaban J connectivity index is 2.13. The van der Waals surface area contributed by atoms with Crippen LogP contribution >= 0.6 is 11.6 Å². The molecule has 0 heterocycles. The lowest BCUT2D eigenvalue weighted by Crippen LogP contribution is -2.52. The summed E-state index contributed by atoms with van der Waals surface area (Å²) < 4.78 is 39.8. The number of benzene rings is 3. The van der Waals surface area contributed by atoms with E-state index in [0.29, 0.717) is 35.1 Å². The summed E-state index contributed by atoms with van der Waals surface area (Å²) in [5.74, 6) is -0.218. The van der Waals surface area contributed by atoms with Crippen molar-refractivity contribution < 1.29 is 27.5 Å². The average molecular weight is 602 g/mol. The number of ether oxygens (including phenoxy) is 2. The number of amides is 2. The minimum Gasteiger partial charge on any atom is -0.493 e. The van der Waals surface area contributed by atoms with Gasteiger partial charge in [-0.2, -0.15) is 0 Å². The summed E-state index contributed by atoms with van der Waals surface area (Å²) in [6, 6.07) is 17.1. The smallest absolute Gasteiger partial charge is 0.264 e. The number of carbonyl (C=O) groups excluding carboxylic acids is 2. The first-order chi connectivity index (χ1) is 19.6. The molecular formula is C30H36ClN3O6S. The normalized spacial score (nSPS) is 11.9. The maximum Gasteiger partial charge on any atom is 0.264 e. The van der Waals surface area contributed by atoms with Gasteiger partial charge in [0, 0.05) is 24.2 Å². The van der Waals surface area contributed by atoms with Gasteiger partial charge in [0.15, 0.2) is 11.5 Å². The van der Waals surface area contributed by atoms with Gasteiger partial charge < -0.3 is 19.7 Å². The van der Waals surface area contributed by atoms with E-state index in [2.05, 4.69) is 5.32 Å². The zero-order chi connectivity index (χ0) is 30.2. The molecule has 0 aliphatic carbocycles. The highest BCUT2D eigenvalue weighted by atomic mass is 35.5. The molecule has 1 atom stereocenters. The van der Waals surface area contributed by atoms with E-state index in [-0.39, 0.29) is 23.0 Å². The minimum absolute atomic E-state index is 0.0124. The molecule has 1 N–H and O–H groups in total.